The van der Waals surface area contributed by atoms with E-state index in [4.69, 9.17) is 4.74 Å². The molecule has 0 saturated carbocycles. The van der Waals surface area contributed by atoms with Gasteiger partial charge in [-0.05, 0) is 56.4 Å². The zero-order valence-electron chi connectivity index (χ0n) is 23.8. The minimum absolute atomic E-state index is 0.0169. The summed E-state index contributed by atoms with van der Waals surface area (Å²) in [5.41, 5.74) is -0.745. The number of aliphatic hydroxyl groups is 1. The zero-order chi connectivity index (χ0) is 29.0. The van der Waals surface area contributed by atoms with Crippen LogP contribution in [0.3, 0.4) is 0 Å². The van der Waals surface area contributed by atoms with Crippen LogP contribution in [0.2, 0.25) is 0 Å². The van der Waals surface area contributed by atoms with E-state index in [1.807, 2.05) is 0 Å². The summed E-state index contributed by atoms with van der Waals surface area (Å²) < 4.78 is 46.0. The van der Waals surface area contributed by atoms with Gasteiger partial charge in [0.1, 0.15) is 11.8 Å². The number of carbonyl (C=O) groups excluding carboxylic acids is 2. The Labute approximate surface area is 230 Å². The summed E-state index contributed by atoms with van der Waals surface area (Å²) in [4.78, 5) is 27.1. The minimum Gasteiger partial charge on any atom is -0.494 e. The molecule has 1 aliphatic heterocycles. The lowest BCUT2D eigenvalue weighted by Gasteiger charge is -2.31. The molecule has 0 aromatic heterocycles. The maximum Gasteiger partial charge on any atom is 0.416 e. The molecule has 0 aliphatic carbocycles. The molecule has 0 unspecified atom stereocenters. The first-order chi connectivity index (χ1) is 18.4. The van der Waals surface area contributed by atoms with Crippen molar-refractivity contribution in [2.75, 3.05) is 20.2 Å². The number of carbonyl (C=O) groups is 2. The van der Waals surface area contributed by atoms with Crippen LogP contribution in [0, 0.1) is 5.92 Å². The topological polar surface area (TPSA) is 90.9 Å². The number of ether oxygens (including phenoxy) is 1. The Morgan fingerprint density at radius 1 is 1.13 bits per heavy atom. The third-order valence-corrected chi connectivity index (χ3v) is 7.50. The maximum absolute atomic E-state index is 13.6. The van der Waals surface area contributed by atoms with Crippen LogP contribution in [0.1, 0.15) is 89.7 Å². The third-order valence-electron chi connectivity index (χ3n) is 7.50. The van der Waals surface area contributed by atoms with Gasteiger partial charge < -0.3 is 25.4 Å². The van der Waals surface area contributed by atoms with Crippen molar-refractivity contribution in [2.24, 2.45) is 5.92 Å². The largest absolute Gasteiger partial charge is 0.494 e. The molecule has 10 heteroatoms. The first kappa shape index (κ1) is 32.9. The second-order valence-corrected chi connectivity index (χ2v) is 10.7. The minimum atomic E-state index is -4.52. The van der Waals surface area contributed by atoms with Crippen LogP contribution < -0.4 is 15.4 Å². The van der Waals surface area contributed by atoms with Gasteiger partial charge in [-0.3, -0.25) is 9.59 Å². The van der Waals surface area contributed by atoms with Gasteiger partial charge in [0.2, 0.25) is 11.8 Å². The summed E-state index contributed by atoms with van der Waals surface area (Å²) in [6.45, 7) is 5.68. The number of rotatable bonds is 7. The smallest absolute Gasteiger partial charge is 0.416 e. The normalized spacial score (nSPS) is 23.8. The molecular formula is C29H46F3N3O4. The highest BCUT2D eigenvalue weighted by atomic mass is 19.4. The van der Waals surface area contributed by atoms with Gasteiger partial charge in [0.15, 0.2) is 0 Å². The van der Waals surface area contributed by atoms with Gasteiger partial charge in [0.25, 0.3) is 0 Å². The van der Waals surface area contributed by atoms with E-state index in [1.54, 1.807) is 20.9 Å². The molecule has 7 nitrogen and oxygen atoms in total. The number of aliphatic hydroxyl groups excluding tert-OH is 1. The lowest BCUT2D eigenvalue weighted by atomic mass is 9.92. The van der Waals surface area contributed by atoms with E-state index in [0.717, 1.165) is 51.0 Å². The van der Waals surface area contributed by atoms with E-state index < -0.39 is 29.9 Å². The Morgan fingerprint density at radius 2 is 1.79 bits per heavy atom. The van der Waals surface area contributed by atoms with Gasteiger partial charge in [-0.15, -0.1) is 0 Å². The number of nitrogens with zero attached hydrogens (tertiary/aromatic N) is 1. The first-order valence-corrected chi connectivity index (χ1v) is 14.2. The molecule has 0 radical (unpaired) electrons. The summed E-state index contributed by atoms with van der Waals surface area (Å²) in [6, 6.07) is 2.33. The molecular weight excluding hydrogens is 511 g/mol. The first-order valence-electron chi connectivity index (χ1n) is 14.2. The van der Waals surface area contributed by atoms with E-state index in [-0.39, 0.29) is 36.4 Å². The van der Waals surface area contributed by atoms with Crippen LogP contribution >= 0.6 is 0 Å². The quantitative estimate of drug-likeness (QED) is 0.437. The Balaban J connectivity index is 2.12. The molecule has 222 valence electrons. The Hall–Kier alpha value is -2.33. The Morgan fingerprint density at radius 3 is 2.46 bits per heavy atom. The van der Waals surface area contributed by atoms with E-state index >= 15 is 0 Å². The predicted octanol–water partition coefficient (Wildman–Crippen LogP) is 5.05. The van der Waals surface area contributed by atoms with Gasteiger partial charge in [0.05, 0.1) is 24.3 Å². The van der Waals surface area contributed by atoms with Crippen LogP contribution in [0.5, 0.6) is 5.75 Å². The molecule has 2 amide bonds. The summed E-state index contributed by atoms with van der Waals surface area (Å²) in [7, 11) is 1.61. The zero-order valence-corrected chi connectivity index (χ0v) is 23.8. The molecule has 0 bridgehead atoms. The summed E-state index contributed by atoms with van der Waals surface area (Å²) >= 11 is 0. The van der Waals surface area contributed by atoms with Crippen LogP contribution in [0.15, 0.2) is 18.2 Å². The maximum atomic E-state index is 13.6. The summed E-state index contributed by atoms with van der Waals surface area (Å²) in [6.07, 6.45) is 2.45. The number of halogens is 3. The number of benzene rings is 1. The van der Waals surface area contributed by atoms with Crippen LogP contribution in [0.4, 0.5) is 13.2 Å². The van der Waals surface area contributed by atoms with E-state index in [0.29, 0.717) is 25.2 Å². The highest BCUT2D eigenvalue weighted by Gasteiger charge is 2.34. The van der Waals surface area contributed by atoms with Gasteiger partial charge in [-0.25, -0.2) is 0 Å². The fraction of sp³-hybridized carbons (Fsp3) is 0.724. The van der Waals surface area contributed by atoms with Crippen molar-refractivity contribution in [3.05, 3.63) is 29.3 Å². The molecule has 1 saturated heterocycles. The second kappa shape index (κ2) is 16.1. The average Bonchev–Trinajstić information content (AvgIpc) is 2.87. The molecule has 3 N–H and O–H groups in total. The number of hydrogen-bond acceptors (Lipinski definition) is 5. The molecule has 1 aliphatic rings. The number of amides is 2. The summed E-state index contributed by atoms with van der Waals surface area (Å²) in [5.74, 6) is 0.117. The van der Waals surface area contributed by atoms with Crippen LogP contribution in [-0.4, -0.2) is 60.2 Å². The van der Waals surface area contributed by atoms with Crippen molar-refractivity contribution < 1.29 is 32.6 Å². The Kier molecular flexibility index (Phi) is 13.5. The van der Waals surface area contributed by atoms with Crippen molar-refractivity contribution >= 4 is 11.8 Å². The van der Waals surface area contributed by atoms with Gasteiger partial charge in [-0.1, -0.05) is 45.4 Å². The Bertz CT molecular complexity index is 912. The van der Waals surface area contributed by atoms with E-state index in [2.05, 4.69) is 17.6 Å². The van der Waals surface area contributed by atoms with Crippen LogP contribution in [0.25, 0.3) is 0 Å². The lowest BCUT2D eigenvalue weighted by Crippen LogP contribution is -2.53. The monoisotopic (exact) mass is 557 g/mol. The third kappa shape index (κ3) is 11.0. The molecule has 39 heavy (non-hydrogen) atoms. The van der Waals surface area contributed by atoms with Crippen molar-refractivity contribution in [1.82, 2.24) is 15.5 Å². The van der Waals surface area contributed by atoms with Gasteiger partial charge in [-0.2, -0.15) is 13.2 Å². The number of alkyl halides is 3. The molecule has 1 heterocycles. The van der Waals surface area contributed by atoms with E-state index in [1.165, 1.54) is 17.0 Å². The number of likely N-dealkylation sites (N-methyl/N-ethyl adjacent to an activating group) is 1. The summed E-state index contributed by atoms with van der Waals surface area (Å²) in [5, 5.41) is 16.9. The fourth-order valence-electron chi connectivity index (χ4n) is 4.96. The van der Waals surface area contributed by atoms with Gasteiger partial charge in [0, 0.05) is 26.6 Å². The lowest BCUT2D eigenvalue weighted by molar-refractivity contribution is -0.139. The highest BCUT2D eigenvalue weighted by molar-refractivity contribution is 5.87. The van der Waals surface area contributed by atoms with Crippen molar-refractivity contribution in [1.29, 1.82) is 0 Å². The number of hydrogen-bond donors (Lipinski definition) is 3. The predicted molar refractivity (Wildman–Crippen MR) is 145 cm³/mol. The van der Waals surface area contributed by atoms with Crippen molar-refractivity contribution in [3.63, 3.8) is 0 Å². The molecule has 2 rings (SSSR count). The fourth-order valence-corrected chi connectivity index (χ4v) is 4.96. The molecule has 4 atom stereocenters. The molecule has 1 aromatic rings. The molecule has 0 spiro atoms. The van der Waals surface area contributed by atoms with Crippen molar-refractivity contribution in [3.8, 4) is 5.75 Å². The van der Waals surface area contributed by atoms with Crippen LogP contribution in [-0.2, 0) is 22.3 Å². The van der Waals surface area contributed by atoms with Crippen molar-refractivity contribution in [2.45, 2.75) is 109 Å². The highest BCUT2D eigenvalue weighted by Crippen LogP contribution is 2.34. The van der Waals surface area contributed by atoms with Gasteiger partial charge >= 0.3 is 6.18 Å². The average molecular weight is 558 g/mol. The molecule has 1 fully saturated rings. The standard InChI is InChI=1S/C29H46F3N3O4/c1-5-39-23-14-15-24(29(30,31)32)22(17-23)18-33-19-26(36)25-16-20(2)12-10-8-6-7-9-11-13-27(37)35(4)21(3)28(38)34-25/h14-15,17,20-21,25-26,33,36H,5-13,16,18-19H2,1-4H3,(H,34,38)/t20-,21+,25+,26-/m1/s1. The second-order valence-electron chi connectivity index (χ2n) is 10.7. The molecule has 1 aromatic carbocycles. The number of nitrogens with one attached hydrogen (secondary N) is 2. The van der Waals surface area contributed by atoms with E-state index in [9.17, 15) is 27.9 Å². The SMILES string of the molecule is CCOc1ccc(C(F)(F)F)c(CNC[C@@H](O)[C@@H]2C[C@H](C)CCCCCCCCC(=O)N(C)[C@@H](C)C(=O)N2)c1.